The molecule has 3 rings (SSSR count). The maximum absolute atomic E-state index is 3.88. The van der Waals surface area contributed by atoms with Crippen LogP contribution in [0.4, 0.5) is 0 Å². The maximum Gasteiger partial charge on any atom is 0.0309 e. The van der Waals surface area contributed by atoms with Crippen molar-refractivity contribution in [1.29, 1.82) is 0 Å². The summed E-state index contributed by atoms with van der Waals surface area (Å²) in [4.78, 5) is 2.83. The lowest BCUT2D eigenvalue weighted by atomic mass is 9.88. The van der Waals surface area contributed by atoms with Crippen LogP contribution in [0.5, 0.6) is 0 Å². The summed E-state index contributed by atoms with van der Waals surface area (Å²) < 4.78 is 0. The third-order valence-electron chi connectivity index (χ3n) is 5.71. The minimum Gasteiger partial charge on any atom is -0.308 e. The number of rotatable bonds is 4. The fourth-order valence-electron chi connectivity index (χ4n) is 3.87. The van der Waals surface area contributed by atoms with Crippen LogP contribution in [0.3, 0.4) is 0 Å². The summed E-state index contributed by atoms with van der Waals surface area (Å²) in [6.45, 7) is 13.5. The van der Waals surface area contributed by atoms with E-state index < -0.39 is 0 Å². The first kappa shape index (κ1) is 12.9. The molecule has 3 aliphatic rings. The molecule has 2 aliphatic carbocycles. The van der Waals surface area contributed by atoms with Gasteiger partial charge in [0.05, 0.1) is 0 Å². The molecule has 0 aromatic carbocycles. The molecule has 1 aliphatic heterocycles. The molecule has 4 atom stereocenters. The van der Waals surface area contributed by atoms with E-state index in [-0.39, 0.29) is 0 Å². The largest absolute Gasteiger partial charge is 0.308 e. The van der Waals surface area contributed by atoms with Gasteiger partial charge in [0.15, 0.2) is 0 Å². The lowest BCUT2D eigenvalue weighted by molar-refractivity contribution is 0.0478. The minimum absolute atomic E-state index is 0.406. The summed E-state index contributed by atoms with van der Waals surface area (Å²) >= 11 is 0. The van der Waals surface area contributed by atoms with Gasteiger partial charge in [-0.1, -0.05) is 20.8 Å². The van der Waals surface area contributed by atoms with E-state index in [4.69, 9.17) is 0 Å². The molecule has 1 heterocycles. The molecule has 18 heavy (non-hydrogen) atoms. The van der Waals surface area contributed by atoms with E-state index in [9.17, 15) is 0 Å². The summed E-state index contributed by atoms with van der Waals surface area (Å²) in [6.07, 6.45) is 4.36. The molecule has 0 bridgehead atoms. The van der Waals surface area contributed by atoms with Gasteiger partial charge >= 0.3 is 0 Å². The summed E-state index contributed by atoms with van der Waals surface area (Å²) in [5, 5.41) is 3.88. The first-order valence-electron chi connectivity index (χ1n) is 7.98. The molecular weight excluding hydrogens is 220 g/mol. The van der Waals surface area contributed by atoms with Crippen molar-refractivity contribution < 1.29 is 0 Å². The molecule has 104 valence electrons. The fraction of sp³-hybridized carbons (Fsp3) is 1.00. The van der Waals surface area contributed by atoms with E-state index in [1.165, 1.54) is 38.9 Å². The van der Waals surface area contributed by atoms with Crippen LogP contribution in [0, 0.1) is 23.7 Å². The predicted octanol–water partition coefficient (Wildman–Crippen LogP) is 2.74. The topological polar surface area (TPSA) is 15.3 Å². The van der Waals surface area contributed by atoms with Crippen LogP contribution in [-0.2, 0) is 0 Å². The van der Waals surface area contributed by atoms with Crippen molar-refractivity contribution in [2.24, 2.45) is 23.7 Å². The zero-order valence-electron chi connectivity index (χ0n) is 12.6. The second-order valence-corrected chi connectivity index (χ2v) is 7.79. The molecular formula is C16H30N2. The van der Waals surface area contributed by atoms with Crippen LogP contribution in [0.1, 0.15) is 47.0 Å². The number of hydrogen-bond donors (Lipinski definition) is 1. The van der Waals surface area contributed by atoms with E-state index in [0.717, 1.165) is 29.7 Å². The van der Waals surface area contributed by atoms with Crippen LogP contribution < -0.4 is 5.32 Å². The van der Waals surface area contributed by atoms with Crippen molar-refractivity contribution in [3.63, 3.8) is 0 Å². The SMILES string of the molecule is CC(C)C1CNC(C)(C2CC2)CN1CC1CC1C. The van der Waals surface area contributed by atoms with Gasteiger partial charge in [-0.15, -0.1) is 0 Å². The minimum atomic E-state index is 0.406. The van der Waals surface area contributed by atoms with Crippen molar-refractivity contribution in [3.05, 3.63) is 0 Å². The quantitative estimate of drug-likeness (QED) is 0.825. The number of piperazine rings is 1. The van der Waals surface area contributed by atoms with Gasteiger partial charge in [-0.2, -0.15) is 0 Å². The van der Waals surface area contributed by atoms with Gasteiger partial charge in [0.25, 0.3) is 0 Å². The Balaban J connectivity index is 1.67. The first-order chi connectivity index (χ1) is 8.49. The standard InChI is InChI=1S/C16H30N2/c1-11(2)15-8-17-16(4,14-5-6-14)10-18(15)9-13-7-12(13)3/h11-15,17H,5-10H2,1-4H3. The molecule has 0 amide bonds. The third-order valence-corrected chi connectivity index (χ3v) is 5.71. The van der Waals surface area contributed by atoms with Crippen molar-refractivity contribution in [3.8, 4) is 0 Å². The molecule has 0 aromatic rings. The lowest BCUT2D eigenvalue weighted by Gasteiger charge is -2.48. The van der Waals surface area contributed by atoms with Gasteiger partial charge in [-0.25, -0.2) is 0 Å². The first-order valence-corrected chi connectivity index (χ1v) is 7.98. The third kappa shape index (κ3) is 2.46. The Morgan fingerprint density at radius 3 is 2.50 bits per heavy atom. The summed E-state index contributed by atoms with van der Waals surface area (Å²) in [7, 11) is 0. The van der Waals surface area contributed by atoms with Gasteiger partial charge in [0.2, 0.25) is 0 Å². The average Bonchev–Trinajstić information content (AvgIpc) is 3.15. The molecule has 3 fully saturated rings. The van der Waals surface area contributed by atoms with Gasteiger partial charge in [0, 0.05) is 31.2 Å². The Morgan fingerprint density at radius 2 is 2.00 bits per heavy atom. The van der Waals surface area contributed by atoms with Crippen LogP contribution in [0.2, 0.25) is 0 Å². The fourth-order valence-corrected chi connectivity index (χ4v) is 3.87. The molecule has 2 nitrogen and oxygen atoms in total. The number of hydrogen-bond acceptors (Lipinski definition) is 2. The van der Waals surface area contributed by atoms with Gasteiger partial charge < -0.3 is 5.32 Å². The molecule has 2 heteroatoms. The van der Waals surface area contributed by atoms with Gasteiger partial charge in [-0.3, -0.25) is 4.90 Å². The highest BCUT2D eigenvalue weighted by atomic mass is 15.3. The highest BCUT2D eigenvalue weighted by Gasteiger charge is 2.47. The van der Waals surface area contributed by atoms with E-state index in [0.29, 0.717) is 5.54 Å². The Hall–Kier alpha value is -0.0800. The van der Waals surface area contributed by atoms with Crippen molar-refractivity contribution in [2.45, 2.75) is 58.5 Å². The average molecular weight is 250 g/mol. The Kier molecular flexibility index (Phi) is 3.22. The zero-order chi connectivity index (χ0) is 12.9. The van der Waals surface area contributed by atoms with Gasteiger partial charge in [-0.05, 0) is 49.9 Å². The van der Waals surface area contributed by atoms with Crippen LogP contribution in [0.15, 0.2) is 0 Å². The van der Waals surface area contributed by atoms with E-state index in [1.54, 1.807) is 0 Å². The van der Waals surface area contributed by atoms with E-state index >= 15 is 0 Å². The zero-order valence-corrected chi connectivity index (χ0v) is 12.6. The Bertz CT molecular complexity index is 310. The van der Waals surface area contributed by atoms with Crippen molar-refractivity contribution in [1.82, 2.24) is 10.2 Å². The number of nitrogens with one attached hydrogen (secondary N) is 1. The van der Waals surface area contributed by atoms with E-state index in [1.807, 2.05) is 0 Å². The second kappa shape index (κ2) is 4.49. The van der Waals surface area contributed by atoms with E-state index in [2.05, 4.69) is 37.9 Å². The summed E-state index contributed by atoms with van der Waals surface area (Å²) in [5.41, 5.74) is 0.406. The molecule has 0 spiro atoms. The summed E-state index contributed by atoms with van der Waals surface area (Å²) in [6, 6.07) is 0.754. The normalized spacial score (nSPS) is 45.5. The highest BCUT2D eigenvalue weighted by molar-refractivity contribution is 5.05. The Labute approximate surface area is 113 Å². The molecule has 0 aromatic heterocycles. The monoisotopic (exact) mass is 250 g/mol. The van der Waals surface area contributed by atoms with Crippen molar-refractivity contribution in [2.75, 3.05) is 19.6 Å². The molecule has 4 unspecified atom stereocenters. The molecule has 2 saturated carbocycles. The molecule has 0 radical (unpaired) electrons. The number of nitrogens with zero attached hydrogens (tertiary/aromatic N) is 1. The van der Waals surface area contributed by atoms with Crippen LogP contribution in [-0.4, -0.2) is 36.1 Å². The molecule has 1 N–H and O–H groups in total. The summed E-state index contributed by atoms with van der Waals surface area (Å²) in [5.74, 6) is 3.70. The Morgan fingerprint density at radius 1 is 1.33 bits per heavy atom. The molecule has 1 saturated heterocycles. The van der Waals surface area contributed by atoms with Crippen LogP contribution >= 0.6 is 0 Å². The van der Waals surface area contributed by atoms with Crippen LogP contribution in [0.25, 0.3) is 0 Å². The lowest BCUT2D eigenvalue weighted by Crippen LogP contribution is -2.65. The van der Waals surface area contributed by atoms with Crippen molar-refractivity contribution >= 4 is 0 Å². The predicted molar refractivity (Wildman–Crippen MR) is 76.6 cm³/mol. The smallest absolute Gasteiger partial charge is 0.0309 e. The maximum atomic E-state index is 3.88. The highest BCUT2D eigenvalue weighted by Crippen LogP contribution is 2.44. The second-order valence-electron chi connectivity index (χ2n) is 7.79. The van der Waals surface area contributed by atoms with Gasteiger partial charge in [0.1, 0.15) is 0 Å².